The highest BCUT2D eigenvalue weighted by Gasteiger charge is 2.51. The first-order valence-corrected chi connectivity index (χ1v) is 9.77. The number of imide groups is 1. The highest BCUT2D eigenvalue weighted by molar-refractivity contribution is 6.11. The predicted octanol–water partition coefficient (Wildman–Crippen LogP) is 3.92. The van der Waals surface area contributed by atoms with Gasteiger partial charge in [0.25, 0.3) is 5.91 Å². The van der Waals surface area contributed by atoms with Crippen molar-refractivity contribution in [2.75, 3.05) is 5.32 Å². The van der Waals surface area contributed by atoms with Gasteiger partial charge >= 0.3 is 6.03 Å². The Bertz CT molecular complexity index is 980. The van der Waals surface area contributed by atoms with Crippen LogP contribution in [-0.4, -0.2) is 28.8 Å². The molecule has 1 saturated heterocycles. The summed E-state index contributed by atoms with van der Waals surface area (Å²) in [4.78, 5) is 39.3. The second kappa shape index (κ2) is 7.55. The van der Waals surface area contributed by atoms with Crippen LogP contribution in [0.1, 0.15) is 45.7 Å². The summed E-state index contributed by atoms with van der Waals surface area (Å²) in [6.07, 6.45) is 0. The zero-order valence-electron chi connectivity index (χ0n) is 17.7. The molecule has 7 heteroatoms. The Labute approximate surface area is 175 Å². The van der Waals surface area contributed by atoms with E-state index in [1.54, 1.807) is 6.92 Å². The Morgan fingerprint density at radius 3 is 2.17 bits per heavy atom. The number of carbonyl (C=O) groups is 3. The molecule has 1 aliphatic heterocycles. The largest absolute Gasteiger partial charge is 0.326 e. The summed E-state index contributed by atoms with van der Waals surface area (Å²) in [6.45, 7) is 9.38. The monoisotopic (exact) mass is 411 g/mol. The number of benzene rings is 2. The number of nitrogens with zero attached hydrogens (tertiary/aromatic N) is 1. The van der Waals surface area contributed by atoms with E-state index in [4.69, 9.17) is 0 Å². The molecule has 1 heterocycles. The van der Waals surface area contributed by atoms with Crippen LogP contribution in [0.25, 0.3) is 0 Å². The molecule has 0 aliphatic carbocycles. The molecule has 158 valence electrons. The Morgan fingerprint density at radius 2 is 1.63 bits per heavy atom. The fourth-order valence-corrected chi connectivity index (χ4v) is 3.41. The molecule has 2 N–H and O–H groups in total. The number of anilines is 1. The van der Waals surface area contributed by atoms with Crippen molar-refractivity contribution in [2.45, 2.75) is 51.6 Å². The first-order chi connectivity index (χ1) is 13.9. The normalized spacial score (nSPS) is 20.1. The molecule has 30 heavy (non-hydrogen) atoms. The van der Waals surface area contributed by atoms with Crippen molar-refractivity contribution < 1.29 is 18.8 Å². The molecule has 1 aliphatic rings. The van der Waals surface area contributed by atoms with Crippen LogP contribution < -0.4 is 10.6 Å². The summed E-state index contributed by atoms with van der Waals surface area (Å²) < 4.78 is 13.0. The van der Waals surface area contributed by atoms with Crippen LogP contribution in [0.15, 0.2) is 48.5 Å². The summed E-state index contributed by atoms with van der Waals surface area (Å²) in [5.74, 6) is -1.47. The lowest BCUT2D eigenvalue weighted by molar-refractivity contribution is -0.136. The molecule has 0 radical (unpaired) electrons. The predicted molar refractivity (Wildman–Crippen MR) is 112 cm³/mol. The van der Waals surface area contributed by atoms with E-state index in [1.807, 2.05) is 24.3 Å². The molecule has 2 aromatic rings. The first-order valence-electron chi connectivity index (χ1n) is 9.77. The van der Waals surface area contributed by atoms with Gasteiger partial charge in [0, 0.05) is 5.69 Å². The summed E-state index contributed by atoms with van der Waals surface area (Å²) in [5.41, 5.74) is 0.818. The second-order valence-electron chi connectivity index (χ2n) is 8.73. The van der Waals surface area contributed by atoms with E-state index in [0.717, 1.165) is 10.5 Å². The number of rotatable bonds is 4. The Kier molecular flexibility index (Phi) is 5.41. The molecule has 0 spiro atoms. The molecule has 0 aromatic heterocycles. The van der Waals surface area contributed by atoms with E-state index in [1.165, 1.54) is 31.2 Å². The van der Waals surface area contributed by atoms with Crippen molar-refractivity contribution >= 4 is 23.5 Å². The third-order valence-electron chi connectivity index (χ3n) is 5.43. The average Bonchev–Trinajstić information content (AvgIpc) is 2.92. The molecule has 2 aromatic carbocycles. The van der Waals surface area contributed by atoms with E-state index >= 15 is 0 Å². The van der Waals surface area contributed by atoms with Gasteiger partial charge in [-0.2, -0.15) is 0 Å². The number of hydrogen-bond acceptors (Lipinski definition) is 3. The number of carbonyl (C=O) groups excluding carboxylic acids is 3. The minimum atomic E-state index is -1.27. The molecule has 3 rings (SSSR count). The molecule has 4 amide bonds. The van der Waals surface area contributed by atoms with E-state index in [9.17, 15) is 18.8 Å². The fraction of sp³-hybridized carbons (Fsp3) is 0.348. The highest BCUT2D eigenvalue weighted by atomic mass is 19.1. The van der Waals surface area contributed by atoms with Gasteiger partial charge in [0.1, 0.15) is 17.4 Å². The fourth-order valence-electron chi connectivity index (χ4n) is 3.41. The Balaban J connectivity index is 1.80. The van der Waals surface area contributed by atoms with Crippen molar-refractivity contribution in [3.05, 3.63) is 65.5 Å². The number of hydrogen-bond donors (Lipinski definition) is 2. The van der Waals surface area contributed by atoms with E-state index < -0.39 is 35.2 Å². The van der Waals surface area contributed by atoms with Crippen molar-refractivity contribution in [1.82, 2.24) is 10.2 Å². The smallest absolute Gasteiger partial charge is 0.324 e. The van der Waals surface area contributed by atoms with Crippen LogP contribution >= 0.6 is 0 Å². The molecule has 2 atom stereocenters. The lowest BCUT2D eigenvalue weighted by Gasteiger charge is -2.26. The van der Waals surface area contributed by atoms with Crippen LogP contribution in [0.4, 0.5) is 14.9 Å². The van der Waals surface area contributed by atoms with Crippen molar-refractivity contribution in [1.29, 1.82) is 0 Å². The molecular formula is C23H26FN3O3. The van der Waals surface area contributed by atoms with Crippen molar-refractivity contribution in [3.8, 4) is 0 Å². The maximum absolute atomic E-state index is 13.2. The van der Waals surface area contributed by atoms with Gasteiger partial charge < -0.3 is 10.6 Å². The van der Waals surface area contributed by atoms with Gasteiger partial charge in [0.15, 0.2) is 0 Å². The van der Waals surface area contributed by atoms with E-state index in [-0.39, 0.29) is 5.41 Å². The standard InChI is InChI=1S/C23H26FN3O3/c1-14(19(28)25-18-12-10-17(24)11-13-18)27-20(29)23(5,26-21(27)30)16-8-6-15(7-9-16)22(2,3)4/h6-14H,1-5H3,(H,25,28)(H,26,30). The number of amides is 4. The van der Waals surface area contributed by atoms with Gasteiger partial charge in [-0.3, -0.25) is 9.59 Å². The molecule has 0 bridgehead atoms. The highest BCUT2D eigenvalue weighted by Crippen LogP contribution is 2.32. The minimum absolute atomic E-state index is 0.0403. The molecule has 2 unspecified atom stereocenters. The first kappa shape index (κ1) is 21.5. The van der Waals surface area contributed by atoms with Gasteiger partial charge in [-0.05, 0) is 54.7 Å². The summed E-state index contributed by atoms with van der Waals surface area (Å²) >= 11 is 0. The van der Waals surface area contributed by atoms with Gasteiger partial charge in [0.2, 0.25) is 5.91 Å². The average molecular weight is 411 g/mol. The zero-order valence-corrected chi connectivity index (χ0v) is 17.7. The number of halogens is 1. The second-order valence-corrected chi connectivity index (χ2v) is 8.73. The van der Waals surface area contributed by atoms with Crippen molar-refractivity contribution in [3.63, 3.8) is 0 Å². The van der Waals surface area contributed by atoms with E-state index in [0.29, 0.717) is 11.3 Å². The lowest BCUT2D eigenvalue weighted by Crippen LogP contribution is -2.47. The van der Waals surface area contributed by atoms with Crippen LogP contribution in [0.2, 0.25) is 0 Å². The third kappa shape index (κ3) is 3.92. The maximum atomic E-state index is 13.2. The SMILES string of the molecule is CC(C(=O)Nc1ccc(F)cc1)N1C(=O)NC(C)(c2ccc(C(C)(C)C)cc2)C1=O. The summed E-state index contributed by atoms with van der Waals surface area (Å²) in [7, 11) is 0. The molecule has 0 saturated carbocycles. The van der Waals surface area contributed by atoms with Crippen LogP contribution in [0, 0.1) is 5.82 Å². The third-order valence-corrected chi connectivity index (χ3v) is 5.43. The van der Waals surface area contributed by atoms with Gasteiger partial charge in [-0.15, -0.1) is 0 Å². The lowest BCUT2D eigenvalue weighted by atomic mass is 9.84. The number of urea groups is 1. The minimum Gasteiger partial charge on any atom is -0.324 e. The maximum Gasteiger partial charge on any atom is 0.326 e. The van der Waals surface area contributed by atoms with Crippen LogP contribution in [0.3, 0.4) is 0 Å². The van der Waals surface area contributed by atoms with Crippen molar-refractivity contribution in [2.24, 2.45) is 0 Å². The van der Waals surface area contributed by atoms with Crippen LogP contribution in [0.5, 0.6) is 0 Å². The Morgan fingerprint density at radius 1 is 1.07 bits per heavy atom. The van der Waals surface area contributed by atoms with Gasteiger partial charge in [-0.1, -0.05) is 45.0 Å². The topological polar surface area (TPSA) is 78.5 Å². The van der Waals surface area contributed by atoms with Crippen LogP contribution in [-0.2, 0) is 20.5 Å². The summed E-state index contributed by atoms with van der Waals surface area (Å²) in [6, 6.07) is 11.1. The molecule has 1 fully saturated rings. The van der Waals surface area contributed by atoms with E-state index in [2.05, 4.69) is 31.4 Å². The van der Waals surface area contributed by atoms with Gasteiger partial charge in [0.05, 0.1) is 0 Å². The Hall–Kier alpha value is -3.22. The summed E-state index contributed by atoms with van der Waals surface area (Å²) in [5, 5.41) is 5.32. The number of nitrogens with one attached hydrogen (secondary N) is 2. The quantitative estimate of drug-likeness (QED) is 0.749. The zero-order chi connectivity index (χ0) is 22.3. The molecule has 6 nitrogen and oxygen atoms in total. The van der Waals surface area contributed by atoms with Gasteiger partial charge in [-0.25, -0.2) is 14.1 Å². The molecular weight excluding hydrogens is 385 g/mol.